The third-order valence-electron chi connectivity index (χ3n) is 2.61. The number of esters is 1. The van der Waals surface area contributed by atoms with Crippen molar-refractivity contribution in [2.75, 3.05) is 7.11 Å². The first-order valence-corrected chi connectivity index (χ1v) is 8.10. The van der Waals surface area contributed by atoms with Gasteiger partial charge < -0.3 is 4.74 Å². The molecule has 0 saturated carbocycles. The number of aromatic nitrogens is 1. The summed E-state index contributed by atoms with van der Waals surface area (Å²) in [7, 11) is -2.53. The lowest BCUT2D eigenvalue weighted by molar-refractivity contribution is -0.147. The van der Waals surface area contributed by atoms with Crippen molar-refractivity contribution < 1.29 is 17.9 Å². The van der Waals surface area contributed by atoms with Crippen LogP contribution in [0.3, 0.4) is 0 Å². The topological polar surface area (TPSA) is 85.4 Å². The summed E-state index contributed by atoms with van der Waals surface area (Å²) < 4.78 is 31.6. The summed E-state index contributed by atoms with van der Waals surface area (Å²) >= 11 is 1.06. The number of nitrogens with one attached hydrogen (secondary N) is 1. The van der Waals surface area contributed by atoms with E-state index in [1.54, 1.807) is 6.92 Å². The van der Waals surface area contributed by atoms with Crippen molar-refractivity contribution in [2.45, 2.75) is 43.4 Å². The first-order valence-electron chi connectivity index (χ1n) is 5.80. The maximum absolute atomic E-state index is 12.2. The Morgan fingerprint density at radius 1 is 1.58 bits per heavy atom. The third kappa shape index (κ3) is 3.74. The van der Waals surface area contributed by atoms with Crippen LogP contribution >= 0.6 is 11.3 Å². The summed E-state index contributed by atoms with van der Waals surface area (Å²) in [4.78, 5) is 15.7. The fourth-order valence-corrected chi connectivity index (χ4v) is 4.23. The van der Waals surface area contributed by atoms with Gasteiger partial charge in [0.15, 0.2) is 4.21 Å². The van der Waals surface area contributed by atoms with E-state index in [1.807, 2.05) is 6.92 Å². The van der Waals surface area contributed by atoms with Gasteiger partial charge in [0, 0.05) is 0 Å². The molecule has 0 aliphatic carbocycles. The first kappa shape index (κ1) is 16.1. The lowest BCUT2D eigenvalue weighted by Gasteiger charge is -2.26. The molecule has 1 heterocycles. The minimum atomic E-state index is -3.77. The van der Waals surface area contributed by atoms with E-state index in [2.05, 4.69) is 14.4 Å². The Kier molecular flexibility index (Phi) is 5.05. The highest BCUT2D eigenvalue weighted by molar-refractivity contribution is 7.91. The lowest BCUT2D eigenvalue weighted by atomic mass is 9.98. The molecule has 0 aliphatic heterocycles. The van der Waals surface area contributed by atoms with E-state index >= 15 is 0 Å². The average Bonchev–Trinajstić information content (AvgIpc) is 2.75. The van der Waals surface area contributed by atoms with Gasteiger partial charge in [-0.2, -0.15) is 4.72 Å². The number of rotatable bonds is 6. The number of carbonyl (C=O) groups is 1. The molecule has 0 bridgehead atoms. The van der Waals surface area contributed by atoms with Crippen LogP contribution in [0.25, 0.3) is 0 Å². The fraction of sp³-hybridized carbons (Fsp3) is 0.636. The Hall–Kier alpha value is -0.990. The van der Waals surface area contributed by atoms with E-state index in [0.717, 1.165) is 11.3 Å². The molecule has 0 aliphatic rings. The zero-order chi connectivity index (χ0) is 14.7. The predicted octanol–water partition coefficient (Wildman–Crippen LogP) is 1.46. The highest BCUT2D eigenvalue weighted by Crippen LogP contribution is 2.22. The largest absolute Gasteiger partial charge is 0.468 e. The number of sulfonamides is 1. The van der Waals surface area contributed by atoms with Crippen molar-refractivity contribution >= 4 is 27.3 Å². The van der Waals surface area contributed by atoms with Gasteiger partial charge in [-0.05, 0) is 20.3 Å². The molecular formula is C11H18N2O4S2. The Morgan fingerprint density at radius 3 is 2.63 bits per heavy atom. The van der Waals surface area contributed by atoms with Crippen LogP contribution in [0.15, 0.2) is 10.4 Å². The highest BCUT2D eigenvalue weighted by atomic mass is 32.2. The van der Waals surface area contributed by atoms with E-state index in [4.69, 9.17) is 0 Å². The van der Waals surface area contributed by atoms with E-state index in [1.165, 1.54) is 20.2 Å². The second-order valence-electron chi connectivity index (χ2n) is 4.38. The molecule has 0 fully saturated rings. The number of ether oxygens (including phenoxy) is 1. The molecule has 1 unspecified atom stereocenters. The van der Waals surface area contributed by atoms with E-state index in [0.29, 0.717) is 17.8 Å². The van der Waals surface area contributed by atoms with Gasteiger partial charge in [-0.3, -0.25) is 4.79 Å². The second-order valence-corrected chi connectivity index (χ2v) is 7.52. The maximum atomic E-state index is 12.2. The van der Waals surface area contributed by atoms with Gasteiger partial charge in [-0.15, -0.1) is 11.3 Å². The molecule has 6 nitrogen and oxygen atoms in total. The predicted molar refractivity (Wildman–Crippen MR) is 72.5 cm³/mol. The Labute approximate surface area is 117 Å². The summed E-state index contributed by atoms with van der Waals surface area (Å²) in [6.07, 6.45) is 2.29. The highest BCUT2D eigenvalue weighted by Gasteiger charge is 2.38. The number of hydrogen-bond donors (Lipinski definition) is 1. The van der Waals surface area contributed by atoms with Crippen LogP contribution in [-0.4, -0.2) is 32.0 Å². The zero-order valence-corrected chi connectivity index (χ0v) is 13.0. The van der Waals surface area contributed by atoms with Crippen molar-refractivity contribution in [1.82, 2.24) is 9.71 Å². The smallest absolute Gasteiger partial charge is 0.326 e. The lowest BCUT2D eigenvalue weighted by Crippen LogP contribution is -2.52. The van der Waals surface area contributed by atoms with Crippen molar-refractivity contribution in [2.24, 2.45) is 0 Å². The van der Waals surface area contributed by atoms with Crippen LogP contribution in [0, 0.1) is 6.92 Å². The normalized spacial score (nSPS) is 14.9. The first-order chi connectivity index (χ1) is 8.75. The Bertz CT molecular complexity index is 553. The van der Waals surface area contributed by atoms with Crippen molar-refractivity contribution in [1.29, 1.82) is 0 Å². The van der Waals surface area contributed by atoms with Gasteiger partial charge in [0.2, 0.25) is 0 Å². The number of thiazole rings is 1. The summed E-state index contributed by atoms with van der Waals surface area (Å²) in [5.41, 5.74) is -1.26. The molecule has 0 spiro atoms. The monoisotopic (exact) mass is 306 g/mol. The number of nitrogens with zero attached hydrogens (tertiary/aromatic N) is 1. The van der Waals surface area contributed by atoms with Crippen molar-refractivity contribution in [3.05, 3.63) is 11.2 Å². The number of hydrogen-bond acceptors (Lipinski definition) is 6. The second kappa shape index (κ2) is 5.98. The minimum Gasteiger partial charge on any atom is -0.468 e. The minimum absolute atomic E-state index is 0.0937. The quantitative estimate of drug-likeness (QED) is 0.804. The van der Waals surface area contributed by atoms with Crippen molar-refractivity contribution in [3.8, 4) is 0 Å². The molecule has 19 heavy (non-hydrogen) atoms. The summed E-state index contributed by atoms with van der Waals surface area (Å²) in [5, 5.41) is 0.649. The van der Waals surface area contributed by atoms with Crippen LogP contribution in [0.2, 0.25) is 0 Å². The van der Waals surface area contributed by atoms with Crippen LogP contribution in [0.1, 0.15) is 31.7 Å². The van der Waals surface area contributed by atoms with Gasteiger partial charge in [0.25, 0.3) is 10.0 Å². The van der Waals surface area contributed by atoms with Gasteiger partial charge >= 0.3 is 5.97 Å². The maximum Gasteiger partial charge on any atom is 0.326 e. The molecule has 108 valence electrons. The Morgan fingerprint density at radius 2 is 2.21 bits per heavy atom. The van der Waals surface area contributed by atoms with Gasteiger partial charge in [-0.1, -0.05) is 13.3 Å². The van der Waals surface area contributed by atoms with E-state index < -0.39 is 21.5 Å². The fourth-order valence-electron chi connectivity index (χ4n) is 1.73. The molecule has 1 aromatic rings. The number of aryl methyl sites for hydroxylation is 1. The Balaban J connectivity index is 3.06. The molecule has 0 radical (unpaired) electrons. The molecule has 0 aromatic carbocycles. The summed E-state index contributed by atoms with van der Waals surface area (Å²) in [6, 6.07) is 0. The standard InChI is InChI=1S/C11H18N2O4S2/c1-5-6-11(3,10(14)17-4)13-19(15,16)9-7-12-8(2)18-9/h7,13H,5-6H2,1-4H3. The van der Waals surface area contributed by atoms with Crippen LogP contribution in [0.4, 0.5) is 0 Å². The molecule has 8 heteroatoms. The van der Waals surface area contributed by atoms with Gasteiger partial charge in [0.05, 0.1) is 18.3 Å². The molecule has 1 aromatic heterocycles. The van der Waals surface area contributed by atoms with Crippen molar-refractivity contribution in [3.63, 3.8) is 0 Å². The molecule has 1 N–H and O–H groups in total. The van der Waals surface area contributed by atoms with Gasteiger partial charge in [0.1, 0.15) is 5.54 Å². The summed E-state index contributed by atoms with van der Waals surface area (Å²) in [5.74, 6) is -0.598. The van der Waals surface area contributed by atoms with E-state index in [9.17, 15) is 13.2 Å². The van der Waals surface area contributed by atoms with Crippen LogP contribution < -0.4 is 4.72 Å². The molecule has 0 amide bonds. The van der Waals surface area contributed by atoms with Crippen LogP contribution in [0.5, 0.6) is 0 Å². The molecule has 0 saturated heterocycles. The van der Waals surface area contributed by atoms with E-state index in [-0.39, 0.29) is 4.21 Å². The number of methoxy groups -OCH3 is 1. The molecule has 1 rings (SSSR count). The molecule has 1 atom stereocenters. The zero-order valence-electron chi connectivity index (χ0n) is 11.4. The third-order valence-corrected chi connectivity index (χ3v) is 5.58. The van der Waals surface area contributed by atoms with Gasteiger partial charge in [-0.25, -0.2) is 13.4 Å². The number of carbonyl (C=O) groups excluding carboxylic acids is 1. The van der Waals surface area contributed by atoms with Crippen LogP contribution in [-0.2, 0) is 19.6 Å². The average molecular weight is 306 g/mol. The molecular weight excluding hydrogens is 288 g/mol. The SMILES string of the molecule is CCCC(C)(NS(=O)(=O)c1cnc(C)s1)C(=O)OC. The summed E-state index contributed by atoms with van der Waals surface area (Å²) in [6.45, 7) is 5.11.